The summed E-state index contributed by atoms with van der Waals surface area (Å²) in [5, 5.41) is 28.6. The highest BCUT2D eigenvalue weighted by Crippen LogP contribution is 2.33. The van der Waals surface area contributed by atoms with Gasteiger partial charge >= 0.3 is 0 Å². The molecule has 0 amide bonds. The molecule has 140 valence electrons. The van der Waals surface area contributed by atoms with Gasteiger partial charge in [-0.3, -0.25) is 0 Å². The monoisotopic (exact) mass is 406 g/mol. The standard InChI is InChI=1S/C18H14O7S2/c19-12-1-5-14(6-2-12)26(22,23)16-9-10-17(21)18(11-16)27(24,25)15-7-3-13(20)4-8-15/h1-11,19-21H. The molecule has 3 rings (SSSR count). The summed E-state index contributed by atoms with van der Waals surface area (Å²) in [6.45, 7) is 0. The minimum absolute atomic E-state index is 0.116. The molecule has 9 heteroatoms. The summed E-state index contributed by atoms with van der Waals surface area (Å²) >= 11 is 0. The third-order valence-electron chi connectivity index (χ3n) is 3.83. The molecule has 0 saturated heterocycles. The zero-order valence-corrected chi connectivity index (χ0v) is 15.3. The van der Waals surface area contributed by atoms with Crippen molar-refractivity contribution in [1.29, 1.82) is 0 Å². The molecule has 0 unspecified atom stereocenters. The van der Waals surface area contributed by atoms with E-state index in [1.165, 1.54) is 36.4 Å². The van der Waals surface area contributed by atoms with Crippen LogP contribution in [0.1, 0.15) is 0 Å². The van der Waals surface area contributed by atoms with Crippen molar-refractivity contribution in [3.05, 3.63) is 66.7 Å². The second-order valence-corrected chi connectivity index (χ2v) is 9.49. The summed E-state index contributed by atoms with van der Waals surface area (Å²) in [5.74, 6) is -0.857. The number of rotatable bonds is 4. The average Bonchev–Trinajstić information content (AvgIpc) is 2.62. The Kier molecular flexibility index (Phi) is 4.58. The van der Waals surface area contributed by atoms with Crippen LogP contribution >= 0.6 is 0 Å². The molecule has 3 N–H and O–H groups in total. The van der Waals surface area contributed by atoms with E-state index in [4.69, 9.17) is 0 Å². The van der Waals surface area contributed by atoms with Crippen LogP contribution in [0.15, 0.2) is 86.3 Å². The number of hydrogen-bond acceptors (Lipinski definition) is 7. The predicted octanol–water partition coefficient (Wildman–Crippen LogP) is 2.47. The molecule has 0 aliphatic heterocycles. The Balaban J connectivity index is 2.15. The van der Waals surface area contributed by atoms with Crippen molar-refractivity contribution in [2.24, 2.45) is 0 Å². The van der Waals surface area contributed by atoms with Crippen LogP contribution in [0.3, 0.4) is 0 Å². The van der Waals surface area contributed by atoms with E-state index >= 15 is 0 Å². The Morgan fingerprint density at radius 2 is 0.926 bits per heavy atom. The van der Waals surface area contributed by atoms with Crippen LogP contribution in [0.5, 0.6) is 17.2 Å². The molecule has 7 nitrogen and oxygen atoms in total. The highest BCUT2D eigenvalue weighted by atomic mass is 32.2. The van der Waals surface area contributed by atoms with Gasteiger partial charge in [-0.15, -0.1) is 0 Å². The Morgan fingerprint density at radius 1 is 0.519 bits per heavy atom. The summed E-state index contributed by atoms with van der Waals surface area (Å²) in [6, 6.07) is 12.3. The first-order valence-corrected chi connectivity index (χ1v) is 10.5. The highest BCUT2D eigenvalue weighted by molar-refractivity contribution is 7.92. The van der Waals surface area contributed by atoms with Crippen LogP contribution in [0.25, 0.3) is 0 Å². The highest BCUT2D eigenvalue weighted by Gasteiger charge is 2.26. The molecule has 3 aromatic rings. The lowest BCUT2D eigenvalue weighted by molar-refractivity contribution is 0.458. The zero-order chi connectivity index (χ0) is 19.8. The number of benzene rings is 3. The smallest absolute Gasteiger partial charge is 0.210 e. The van der Waals surface area contributed by atoms with Crippen LogP contribution in [0.4, 0.5) is 0 Å². The lowest BCUT2D eigenvalue weighted by atomic mass is 10.3. The molecule has 0 aromatic heterocycles. The van der Waals surface area contributed by atoms with Crippen molar-refractivity contribution < 1.29 is 32.2 Å². The van der Waals surface area contributed by atoms with Gasteiger partial charge in [-0.05, 0) is 66.7 Å². The van der Waals surface area contributed by atoms with E-state index in [-0.39, 0.29) is 26.2 Å². The van der Waals surface area contributed by atoms with Gasteiger partial charge in [0.05, 0.1) is 14.7 Å². The molecule has 0 spiro atoms. The topological polar surface area (TPSA) is 129 Å². The van der Waals surface area contributed by atoms with Crippen molar-refractivity contribution in [2.45, 2.75) is 19.6 Å². The van der Waals surface area contributed by atoms with Gasteiger partial charge in [-0.1, -0.05) is 0 Å². The fourth-order valence-electron chi connectivity index (χ4n) is 2.39. The molecular weight excluding hydrogens is 392 g/mol. The van der Waals surface area contributed by atoms with E-state index in [1.807, 2.05) is 0 Å². The fourth-order valence-corrected chi connectivity index (χ4v) is 5.13. The average molecular weight is 406 g/mol. The zero-order valence-electron chi connectivity index (χ0n) is 13.6. The van der Waals surface area contributed by atoms with Crippen LogP contribution in [-0.4, -0.2) is 32.2 Å². The molecule has 0 bridgehead atoms. The van der Waals surface area contributed by atoms with Crippen molar-refractivity contribution in [3.63, 3.8) is 0 Å². The summed E-state index contributed by atoms with van der Waals surface area (Å²) in [4.78, 5) is -1.26. The number of hydrogen-bond donors (Lipinski definition) is 3. The van der Waals surface area contributed by atoms with Gasteiger partial charge in [0.25, 0.3) is 0 Å². The Hall–Kier alpha value is -3.04. The maximum absolute atomic E-state index is 12.8. The van der Waals surface area contributed by atoms with E-state index in [2.05, 4.69) is 0 Å². The lowest BCUT2D eigenvalue weighted by Crippen LogP contribution is -2.06. The van der Waals surface area contributed by atoms with Gasteiger partial charge in [0, 0.05) is 0 Å². The predicted molar refractivity (Wildman–Crippen MR) is 95.2 cm³/mol. The van der Waals surface area contributed by atoms with Gasteiger partial charge < -0.3 is 15.3 Å². The van der Waals surface area contributed by atoms with Crippen molar-refractivity contribution in [2.75, 3.05) is 0 Å². The van der Waals surface area contributed by atoms with E-state index in [1.54, 1.807) is 0 Å². The summed E-state index contributed by atoms with van der Waals surface area (Å²) in [7, 11) is -8.29. The second-order valence-electron chi connectivity index (χ2n) is 5.62. The molecule has 3 aromatic carbocycles. The largest absolute Gasteiger partial charge is 0.508 e. The number of aromatic hydroxyl groups is 3. The Bertz CT molecular complexity index is 1200. The molecular formula is C18H14O7S2. The van der Waals surface area contributed by atoms with Gasteiger partial charge in [0.2, 0.25) is 19.7 Å². The van der Waals surface area contributed by atoms with Crippen LogP contribution in [0, 0.1) is 0 Å². The molecule has 0 heterocycles. The maximum atomic E-state index is 12.8. The molecule has 0 fully saturated rings. The van der Waals surface area contributed by atoms with Crippen LogP contribution in [0.2, 0.25) is 0 Å². The fraction of sp³-hybridized carbons (Fsp3) is 0. The van der Waals surface area contributed by atoms with Crippen LogP contribution in [-0.2, 0) is 19.7 Å². The van der Waals surface area contributed by atoms with Gasteiger partial charge in [-0.2, -0.15) is 0 Å². The lowest BCUT2D eigenvalue weighted by Gasteiger charge is -2.10. The minimum Gasteiger partial charge on any atom is -0.508 e. The summed E-state index contributed by atoms with van der Waals surface area (Å²) in [5.41, 5.74) is 0. The van der Waals surface area contributed by atoms with E-state index in [0.717, 1.165) is 30.3 Å². The van der Waals surface area contributed by atoms with Gasteiger partial charge in [0.1, 0.15) is 22.1 Å². The molecule has 0 atom stereocenters. The number of sulfone groups is 2. The van der Waals surface area contributed by atoms with E-state index in [0.29, 0.717) is 0 Å². The minimum atomic E-state index is -4.22. The van der Waals surface area contributed by atoms with Crippen molar-refractivity contribution in [1.82, 2.24) is 0 Å². The van der Waals surface area contributed by atoms with Crippen LogP contribution < -0.4 is 0 Å². The first kappa shape index (κ1) is 18.7. The maximum Gasteiger partial charge on any atom is 0.210 e. The summed E-state index contributed by atoms with van der Waals surface area (Å²) in [6.07, 6.45) is 0. The Labute approximate surface area is 155 Å². The third-order valence-corrected chi connectivity index (χ3v) is 7.39. The van der Waals surface area contributed by atoms with Crippen molar-refractivity contribution in [3.8, 4) is 17.2 Å². The number of phenolic OH excluding ortho intramolecular Hbond substituents is 3. The van der Waals surface area contributed by atoms with E-state index < -0.39 is 30.3 Å². The molecule has 0 saturated carbocycles. The van der Waals surface area contributed by atoms with Gasteiger partial charge in [0.15, 0.2) is 0 Å². The quantitative estimate of drug-likeness (QED) is 0.607. The van der Waals surface area contributed by atoms with Gasteiger partial charge in [-0.25, -0.2) is 16.8 Å². The van der Waals surface area contributed by atoms with E-state index in [9.17, 15) is 32.2 Å². The molecule has 0 radical (unpaired) electrons. The molecule has 0 aliphatic carbocycles. The third kappa shape index (κ3) is 3.46. The summed E-state index contributed by atoms with van der Waals surface area (Å²) < 4.78 is 51.0. The molecule has 27 heavy (non-hydrogen) atoms. The normalized spacial score (nSPS) is 12.0. The van der Waals surface area contributed by atoms with Crippen molar-refractivity contribution >= 4 is 19.7 Å². The Morgan fingerprint density at radius 3 is 1.41 bits per heavy atom. The SMILES string of the molecule is O=S(=O)(c1ccc(O)cc1)c1ccc(O)c(S(=O)(=O)c2ccc(O)cc2)c1. The first-order chi connectivity index (χ1) is 12.6. The first-order valence-electron chi connectivity index (χ1n) is 7.53. The second kappa shape index (κ2) is 6.60. The molecule has 0 aliphatic rings. The number of phenols is 3.